The van der Waals surface area contributed by atoms with Crippen LogP contribution < -0.4 is 14.8 Å². The van der Waals surface area contributed by atoms with Gasteiger partial charge in [0, 0.05) is 6.54 Å². The van der Waals surface area contributed by atoms with E-state index in [0.29, 0.717) is 13.2 Å². The Morgan fingerprint density at radius 3 is 2.50 bits per heavy atom. The minimum atomic E-state index is -0.122. The van der Waals surface area contributed by atoms with Gasteiger partial charge in [-0.15, -0.1) is 0 Å². The molecule has 0 aliphatic carbocycles. The van der Waals surface area contributed by atoms with Gasteiger partial charge >= 0.3 is 5.97 Å². The summed E-state index contributed by atoms with van der Waals surface area (Å²) in [5.41, 5.74) is 1.16. The minimum Gasteiger partial charge on any atom is -0.493 e. The summed E-state index contributed by atoms with van der Waals surface area (Å²) in [6.45, 7) is 5.70. The van der Waals surface area contributed by atoms with E-state index < -0.39 is 0 Å². The topological polar surface area (TPSA) is 56.8 Å². The molecule has 1 unspecified atom stereocenters. The standard InChI is InChI=1S/C17H27NO4/c1-5-14(17(19)22-6-2)12-18-10-9-13-7-8-15(20-3)16(11-13)21-4/h7-8,11,14,18H,5-6,9-10,12H2,1-4H3. The molecule has 0 spiro atoms. The van der Waals surface area contributed by atoms with Crippen molar-refractivity contribution in [2.45, 2.75) is 26.7 Å². The molecule has 0 fully saturated rings. The summed E-state index contributed by atoms with van der Waals surface area (Å²) in [5, 5.41) is 3.32. The van der Waals surface area contributed by atoms with Crippen LogP contribution in [0.5, 0.6) is 11.5 Å². The van der Waals surface area contributed by atoms with Crippen LogP contribution in [0.2, 0.25) is 0 Å². The van der Waals surface area contributed by atoms with E-state index in [2.05, 4.69) is 5.32 Å². The van der Waals surface area contributed by atoms with Crippen LogP contribution in [0.1, 0.15) is 25.8 Å². The second-order valence-corrected chi connectivity index (χ2v) is 5.00. The average molecular weight is 309 g/mol. The Labute approximate surface area is 132 Å². The van der Waals surface area contributed by atoms with E-state index in [-0.39, 0.29) is 11.9 Å². The van der Waals surface area contributed by atoms with E-state index in [1.165, 1.54) is 0 Å². The summed E-state index contributed by atoms with van der Waals surface area (Å²) in [6, 6.07) is 5.90. The zero-order valence-electron chi connectivity index (χ0n) is 14.0. The second kappa shape index (κ2) is 10.1. The zero-order chi connectivity index (χ0) is 16.4. The maximum atomic E-state index is 11.7. The van der Waals surface area contributed by atoms with Crippen molar-refractivity contribution in [2.75, 3.05) is 33.9 Å². The fraction of sp³-hybridized carbons (Fsp3) is 0.588. The van der Waals surface area contributed by atoms with Crippen molar-refractivity contribution in [2.24, 2.45) is 5.92 Å². The van der Waals surface area contributed by atoms with Gasteiger partial charge in [-0.2, -0.15) is 0 Å². The van der Waals surface area contributed by atoms with E-state index in [9.17, 15) is 4.79 Å². The number of rotatable bonds is 10. The summed E-state index contributed by atoms with van der Waals surface area (Å²) in [4.78, 5) is 11.7. The van der Waals surface area contributed by atoms with Crippen molar-refractivity contribution in [1.82, 2.24) is 5.32 Å². The van der Waals surface area contributed by atoms with Crippen LogP contribution in [0, 0.1) is 5.92 Å². The first-order valence-corrected chi connectivity index (χ1v) is 7.74. The van der Waals surface area contributed by atoms with E-state index >= 15 is 0 Å². The molecule has 0 bridgehead atoms. The molecule has 1 atom stereocenters. The molecule has 124 valence electrons. The third-order valence-electron chi connectivity index (χ3n) is 3.54. The third kappa shape index (κ3) is 5.56. The van der Waals surface area contributed by atoms with Crippen LogP contribution >= 0.6 is 0 Å². The van der Waals surface area contributed by atoms with E-state index in [1.54, 1.807) is 14.2 Å². The molecule has 22 heavy (non-hydrogen) atoms. The predicted molar refractivity (Wildman–Crippen MR) is 86.5 cm³/mol. The summed E-state index contributed by atoms with van der Waals surface area (Å²) >= 11 is 0. The van der Waals surface area contributed by atoms with Gasteiger partial charge in [0.05, 0.1) is 26.7 Å². The van der Waals surface area contributed by atoms with Gasteiger partial charge < -0.3 is 19.5 Å². The molecule has 5 nitrogen and oxygen atoms in total. The van der Waals surface area contributed by atoms with Crippen molar-refractivity contribution in [3.63, 3.8) is 0 Å². The van der Waals surface area contributed by atoms with Gasteiger partial charge in [-0.1, -0.05) is 13.0 Å². The highest BCUT2D eigenvalue weighted by Gasteiger charge is 2.16. The van der Waals surface area contributed by atoms with Gasteiger partial charge in [-0.25, -0.2) is 0 Å². The summed E-state index contributed by atoms with van der Waals surface area (Å²) in [6.07, 6.45) is 1.64. The Morgan fingerprint density at radius 1 is 1.18 bits per heavy atom. The number of nitrogens with one attached hydrogen (secondary N) is 1. The maximum Gasteiger partial charge on any atom is 0.310 e. The van der Waals surface area contributed by atoms with Crippen molar-refractivity contribution in [3.05, 3.63) is 23.8 Å². The van der Waals surface area contributed by atoms with Gasteiger partial charge in [-0.3, -0.25) is 4.79 Å². The Kier molecular flexibility index (Phi) is 8.36. The molecular weight excluding hydrogens is 282 g/mol. The number of hydrogen-bond acceptors (Lipinski definition) is 5. The van der Waals surface area contributed by atoms with Gasteiger partial charge in [0.1, 0.15) is 0 Å². The van der Waals surface area contributed by atoms with Crippen LogP contribution in [0.25, 0.3) is 0 Å². The lowest BCUT2D eigenvalue weighted by molar-refractivity contribution is -0.147. The van der Waals surface area contributed by atoms with Crippen molar-refractivity contribution in [3.8, 4) is 11.5 Å². The Morgan fingerprint density at radius 2 is 1.91 bits per heavy atom. The lowest BCUT2D eigenvalue weighted by Gasteiger charge is -2.14. The van der Waals surface area contributed by atoms with Crippen LogP contribution in [0.3, 0.4) is 0 Å². The van der Waals surface area contributed by atoms with Crippen LogP contribution in [-0.4, -0.2) is 39.9 Å². The third-order valence-corrected chi connectivity index (χ3v) is 3.54. The van der Waals surface area contributed by atoms with E-state index in [1.807, 2.05) is 32.0 Å². The lowest BCUT2D eigenvalue weighted by atomic mass is 10.1. The summed E-state index contributed by atoms with van der Waals surface area (Å²) in [5.74, 6) is 1.26. The maximum absolute atomic E-state index is 11.7. The molecule has 0 aliphatic rings. The fourth-order valence-electron chi connectivity index (χ4n) is 2.20. The second-order valence-electron chi connectivity index (χ2n) is 5.00. The molecule has 0 saturated carbocycles. The molecule has 0 radical (unpaired) electrons. The highest BCUT2D eigenvalue weighted by atomic mass is 16.5. The number of hydrogen-bond donors (Lipinski definition) is 1. The predicted octanol–water partition coefficient (Wildman–Crippen LogP) is 2.43. The number of esters is 1. The quantitative estimate of drug-likeness (QED) is 0.531. The molecule has 0 heterocycles. The molecule has 1 aromatic rings. The molecule has 0 amide bonds. The first kappa shape index (κ1) is 18.3. The molecule has 0 aromatic heterocycles. The normalized spacial score (nSPS) is 11.8. The molecule has 1 aromatic carbocycles. The van der Waals surface area contributed by atoms with Crippen molar-refractivity contribution < 1.29 is 19.0 Å². The van der Waals surface area contributed by atoms with Crippen molar-refractivity contribution in [1.29, 1.82) is 0 Å². The Balaban J connectivity index is 2.42. The molecule has 0 aliphatic heterocycles. The van der Waals surface area contributed by atoms with Gasteiger partial charge in [0.15, 0.2) is 11.5 Å². The Hall–Kier alpha value is -1.75. The average Bonchev–Trinajstić information content (AvgIpc) is 2.54. The number of methoxy groups -OCH3 is 2. The number of ether oxygens (including phenoxy) is 3. The fourth-order valence-corrected chi connectivity index (χ4v) is 2.20. The molecule has 5 heteroatoms. The molecule has 1 rings (SSSR count). The van der Waals surface area contributed by atoms with Crippen LogP contribution in [0.4, 0.5) is 0 Å². The van der Waals surface area contributed by atoms with Crippen LogP contribution in [0.15, 0.2) is 18.2 Å². The summed E-state index contributed by atoms with van der Waals surface area (Å²) in [7, 11) is 3.25. The lowest BCUT2D eigenvalue weighted by Crippen LogP contribution is -2.30. The molecule has 1 N–H and O–H groups in total. The monoisotopic (exact) mass is 309 g/mol. The number of carbonyl (C=O) groups excluding carboxylic acids is 1. The van der Waals surface area contributed by atoms with Crippen molar-refractivity contribution >= 4 is 5.97 Å². The minimum absolute atomic E-state index is 0.0784. The molecule has 0 saturated heterocycles. The van der Waals surface area contributed by atoms with Gasteiger partial charge in [-0.05, 0) is 44.0 Å². The number of benzene rings is 1. The van der Waals surface area contributed by atoms with E-state index in [0.717, 1.165) is 36.4 Å². The van der Waals surface area contributed by atoms with E-state index in [4.69, 9.17) is 14.2 Å². The first-order chi connectivity index (χ1) is 10.7. The van der Waals surface area contributed by atoms with Gasteiger partial charge in [0.25, 0.3) is 0 Å². The summed E-state index contributed by atoms with van der Waals surface area (Å²) < 4.78 is 15.6. The van der Waals surface area contributed by atoms with Gasteiger partial charge in [0.2, 0.25) is 0 Å². The largest absolute Gasteiger partial charge is 0.493 e. The highest BCUT2D eigenvalue weighted by Crippen LogP contribution is 2.27. The Bertz CT molecular complexity index is 462. The SMILES string of the molecule is CCOC(=O)C(CC)CNCCc1ccc(OC)c(OC)c1. The molecular formula is C17H27NO4. The number of carbonyl (C=O) groups is 1. The smallest absolute Gasteiger partial charge is 0.310 e. The first-order valence-electron chi connectivity index (χ1n) is 7.74. The highest BCUT2D eigenvalue weighted by molar-refractivity contribution is 5.72. The zero-order valence-corrected chi connectivity index (χ0v) is 14.0. The van der Waals surface area contributed by atoms with Crippen LogP contribution in [-0.2, 0) is 16.0 Å².